The predicted molar refractivity (Wildman–Crippen MR) is 94.8 cm³/mol. The van der Waals surface area contributed by atoms with Crippen molar-refractivity contribution in [3.8, 4) is 17.1 Å². The fourth-order valence-corrected chi connectivity index (χ4v) is 2.52. The van der Waals surface area contributed by atoms with Crippen LogP contribution in [0.3, 0.4) is 0 Å². The van der Waals surface area contributed by atoms with Crippen molar-refractivity contribution in [3.05, 3.63) is 64.3 Å². The van der Waals surface area contributed by atoms with Crippen LogP contribution in [-0.2, 0) is 9.53 Å². The lowest BCUT2D eigenvalue weighted by atomic mass is 10.1. The zero-order chi connectivity index (χ0) is 18.0. The van der Waals surface area contributed by atoms with Gasteiger partial charge in [0.25, 0.3) is 0 Å². The second-order valence-electron chi connectivity index (χ2n) is 5.73. The molecule has 5 nitrogen and oxygen atoms in total. The first kappa shape index (κ1) is 16.8. The number of fused-ring (bicyclic) bond motifs is 1. The highest BCUT2D eigenvalue weighted by atomic mass is 16.6. The van der Waals surface area contributed by atoms with Gasteiger partial charge in [-0.15, -0.1) is 0 Å². The molecule has 0 bridgehead atoms. The van der Waals surface area contributed by atoms with Crippen LogP contribution in [0.15, 0.2) is 57.7 Å². The van der Waals surface area contributed by atoms with Crippen LogP contribution in [0.1, 0.15) is 12.5 Å². The summed E-state index contributed by atoms with van der Waals surface area (Å²) in [7, 11) is 1.27. The lowest BCUT2D eigenvalue weighted by Gasteiger charge is -2.15. The Morgan fingerprint density at radius 2 is 1.76 bits per heavy atom. The van der Waals surface area contributed by atoms with Crippen LogP contribution in [0.4, 0.5) is 0 Å². The van der Waals surface area contributed by atoms with Crippen molar-refractivity contribution in [2.45, 2.75) is 20.0 Å². The Kier molecular flexibility index (Phi) is 4.57. The minimum absolute atomic E-state index is 0.000420. The number of carbonyl (C=O) groups excluding carboxylic acids is 1. The van der Waals surface area contributed by atoms with Crippen LogP contribution in [-0.4, -0.2) is 19.2 Å². The molecular weight excluding hydrogens is 320 g/mol. The standard InChI is InChI=1S/C20H18O5/c1-12-8-10-14(11-9-12)18-19(24-13(2)20(22)23-3)17(21)15-6-4-5-7-16(15)25-18/h4-11,13H,1-3H3/t13-/m1/s1. The smallest absolute Gasteiger partial charge is 0.346 e. The molecule has 5 heteroatoms. The fourth-order valence-electron chi connectivity index (χ4n) is 2.52. The number of ether oxygens (including phenoxy) is 2. The van der Waals surface area contributed by atoms with Gasteiger partial charge >= 0.3 is 5.97 Å². The zero-order valence-corrected chi connectivity index (χ0v) is 14.2. The Balaban J connectivity index is 2.22. The number of hydrogen-bond acceptors (Lipinski definition) is 5. The van der Waals surface area contributed by atoms with E-state index in [2.05, 4.69) is 4.74 Å². The molecule has 0 aliphatic carbocycles. The molecule has 1 aromatic heterocycles. The van der Waals surface area contributed by atoms with Crippen LogP contribution >= 0.6 is 0 Å². The number of benzene rings is 2. The normalized spacial score (nSPS) is 12.0. The molecule has 1 heterocycles. The second kappa shape index (κ2) is 6.81. The van der Waals surface area contributed by atoms with E-state index in [9.17, 15) is 9.59 Å². The number of esters is 1. The van der Waals surface area contributed by atoms with Gasteiger partial charge in [0.2, 0.25) is 11.2 Å². The Bertz CT molecular complexity index is 970. The van der Waals surface area contributed by atoms with E-state index in [0.717, 1.165) is 5.56 Å². The summed E-state index contributed by atoms with van der Waals surface area (Å²) in [4.78, 5) is 24.6. The van der Waals surface area contributed by atoms with Gasteiger partial charge in [-0.3, -0.25) is 4.79 Å². The lowest BCUT2D eigenvalue weighted by molar-refractivity contribution is -0.147. The average molecular weight is 338 g/mol. The molecule has 0 N–H and O–H groups in total. The molecule has 3 aromatic rings. The van der Waals surface area contributed by atoms with Crippen LogP contribution in [0.2, 0.25) is 0 Å². The van der Waals surface area contributed by atoms with Crippen molar-refractivity contribution >= 4 is 16.9 Å². The van der Waals surface area contributed by atoms with Crippen molar-refractivity contribution in [1.29, 1.82) is 0 Å². The molecule has 0 aliphatic heterocycles. The number of aryl methyl sites for hydroxylation is 1. The molecule has 2 aromatic carbocycles. The number of para-hydroxylation sites is 1. The molecule has 1 atom stereocenters. The molecule has 25 heavy (non-hydrogen) atoms. The minimum Gasteiger partial charge on any atom is -0.471 e. The van der Waals surface area contributed by atoms with Crippen LogP contribution in [0.25, 0.3) is 22.3 Å². The number of carbonyl (C=O) groups is 1. The third-order valence-corrected chi connectivity index (χ3v) is 3.90. The number of methoxy groups -OCH3 is 1. The maximum absolute atomic E-state index is 12.9. The Labute approximate surface area is 144 Å². The topological polar surface area (TPSA) is 65.7 Å². The SMILES string of the molecule is COC(=O)[C@@H](C)Oc1c(-c2ccc(C)cc2)oc2ccccc2c1=O. The van der Waals surface area contributed by atoms with Gasteiger partial charge in [-0.25, -0.2) is 4.79 Å². The summed E-state index contributed by atoms with van der Waals surface area (Å²) >= 11 is 0. The molecular formula is C20H18O5. The van der Waals surface area contributed by atoms with E-state index < -0.39 is 12.1 Å². The van der Waals surface area contributed by atoms with E-state index in [0.29, 0.717) is 22.3 Å². The quantitative estimate of drug-likeness (QED) is 0.679. The summed E-state index contributed by atoms with van der Waals surface area (Å²) in [6, 6.07) is 14.4. The maximum Gasteiger partial charge on any atom is 0.346 e. The highest BCUT2D eigenvalue weighted by Gasteiger charge is 2.23. The summed E-state index contributed by atoms with van der Waals surface area (Å²) < 4.78 is 16.3. The maximum atomic E-state index is 12.9. The number of rotatable bonds is 4. The summed E-state index contributed by atoms with van der Waals surface area (Å²) in [5.41, 5.74) is 1.91. The van der Waals surface area contributed by atoms with E-state index in [1.54, 1.807) is 24.3 Å². The van der Waals surface area contributed by atoms with Gasteiger partial charge in [0, 0.05) is 5.56 Å². The van der Waals surface area contributed by atoms with Gasteiger partial charge in [-0.05, 0) is 26.0 Å². The molecule has 128 valence electrons. The first-order chi connectivity index (χ1) is 12.0. The third kappa shape index (κ3) is 3.26. The Morgan fingerprint density at radius 3 is 2.44 bits per heavy atom. The molecule has 0 saturated heterocycles. The van der Waals surface area contributed by atoms with E-state index in [-0.39, 0.29) is 11.2 Å². The van der Waals surface area contributed by atoms with Crippen molar-refractivity contribution in [3.63, 3.8) is 0 Å². The molecule has 0 amide bonds. The van der Waals surface area contributed by atoms with Gasteiger partial charge in [0.15, 0.2) is 11.9 Å². The number of hydrogen-bond donors (Lipinski definition) is 0. The third-order valence-electron chi connectivity index (χ3n) is 3.90. The summed E-state index contributed by atoms with van der Waals surface area (Å²) in [6.45, 7) is 3.50. The first-order valence-corrected chi connectivity index (χ1v) is 7.88. The molecule has 0 radical (unpaired) electrons. The lowest BCUT2D eigenvalue weighted by Crippen LogP contribution is -2.27. The molecule has 0 saturated carbocycles. The van der Waals surface area contributed by atoms with Gasteiger partial charge < -0.3 is 13.9 Å². The molecule has 0 aliphatic rings. The van der Waals surface area contributed by atoms with Crippen molar-refractivity contribution in [1.82, 2.24) is 0 Å². The van der Waals surface area contributed by atoms with Crippen molar-refractivity contribution in [2.75, 3.05) is 7.11 Å². The molecule has 0 spiro atoms. The summed E-state index contributed by atoms with van der Waals surface area (Å²) in [5, 5.41) is 0.394. The predicted octanol–water partition coefficient (Wildman–Crippen LogP) is 3.71. The molecule has 0 unspecified atom stereocenters. The highest BCUT2D eigenvalue weighted by molar-refractivity contribution is 5.82. The van der Waals surface area contributed by atoms with Crippen molar-refractivity contribution < 1.29 is 18.7 Å². The Hall–Kier alpha value is -3.08. The molecule has 3 rings (SSSR count). The van der Waals surface area contributed by atoms with Gasteiger partial charge in [0.1, 0.15) is 5.58 Å². The van der Waals surface area contributed by atoms with E-state index in [4.69, 9.17) is 9.15 Å². The zero-order valence-electron chi connectivity index (χ0n) is 14.2. The van der Waals surface area contributed by atoms with Gasteiger partial charge in [-0.1, -0.05) is 42.0 Å². The summed E-state index contributed by atoms with van der Waals surface area (Å²) in [6.07, 6.45) is -0.932. The minimum atomic E-state index is -0.932. The van der Waals surface area contributed by atoms with E-state index >= 15 is 0 Å². The van der Waals surface area contributed by atoms with Crippen LogP contribution in [0, 0.1) is 6.92 Å². The molecule has 0 fully saturated rings. The van der Waals surface area contributed by atoms with Gasteiger partial charge in [-0.2, -0.15) is 0 Å². The average Bonchev–Trinajstić information content (AvgIpc) is 2.63. The monoisotopic (exact) mass is 338 g/mol. The van der Waals surface area contributed by atoms with E-state index in [1.807, 2.05) is 31.2 Å². The first-order valence-electron chi connectivity index (χ1n) is 7.88. The fraction of sp³-hybridized carbons (Fsp3) is 0.200. The van der Waals surface area contributed by atoms with E-state index in [1.165, 1.54) is 14.0 Å². The Morgan fingerprint density at radius 1 is 1.08 bits per heavy atom. The largest absolute Gasteiger partial charge is 0.471 e. The van der Waals surface area contributed by atoms with Gasteiger partial charge in [0.05, 0.1) is 12.5 Å². The summed E-state index contributed by atoms with van der Waals surface area (Å²) in [5.74, 6) is -0.276. The highest BCUT2D eigenvalue weighted by Crippen LogP contribution is 2.31. The van der Waals surface area contributed by atoms with Crippen LogP contribution < -0.4 is 10.2 Å². The van der Waals surface area contributed by atoms with Crippen molar-refractivity contribution in [2.24, 2.45) is 0 Å². The van der Waals surface area contributed by atoms with Crippen LogP contribution in [0.5, 0.6) is 5.75 Å². The second-order valence-corrected chi connectivity index (χ2v) is 5.73.